The van der Waals surface area contributed by atoms with E-state index in [9.17, 15) is 0 Å². The predicted octanol–water partition coefficient (Wildman–Crippen LogP) is 0.918. The number of nitrogens with one attached hydrogen (secondary N) is 2. The molecule has 0 aliphatic heterocycles. The van der Waals surface area contributed by atoms with Crippen molar-refractivity contribution in [3.05, 3.63) is 42.1 Å². The topological polar surface area (TPSA) is 79.6 Å². The van der Waals surface area contributed by atoms with Gasteiger partial charge in [0.2, 0.25) is 0 Å². The van der Waals surface area contributed by atoms with Gasteiger partial charge in [0.1, 0.15) is 11.6 Å². The molecular formula is C11H15N5. The summed E-state index contributed by atoms with van der Waals surface area (Å²) in [7, 11) is 0. The smallest absolute Gasteiger partial charge is 0.144 e. The molecule has 0 saturated heterocycles. The Labute approximate surface area is 94.1 Å². The van der Waals surface area contributed by atoms with Crippen LogP contribution in [0.1, 0.15) is 11.5 Å². The highest BCUT2D eigenvalue weighted by Gasteiger charge is 1.97. The molecule has 0 aliphatic carbocycles. The zero-order valence-electron chi connectivity index (χ0n) is 8.98. The maximum atomic E-state index is 5.47. The fourth-order valence-electron chi connectivity index (χ4n) is 1.44. The minimum absolute atomic E-state index is 0.367. The summed E-state index contributed by atoms with van der Waals surface area (Å²) in [6, 6.07) is 5.90. The van der Waals surface area contributed by atoms with Crippen molar-refractivity contribution in [1.29, 1.82) is 0 Å². The van der Waals surface area contributed by atoms with Gasteiger partial charge in [-0.1, -0.05) is 0 Å². The molecule has 0 aliphatic rings. The van der Waals surface area contributed by atoms with E-state index in [1.165, 1.54) is 5.69 Å². The van der Waals surface area contributed by atoms with Gasteiger partial charge in [-0.25, -0.2) is 9.97 Å². The van der Waals surface area contributed by atoms with Gasteiger partial charge in [0.25, 0.3) is 0 Å². The first-order valence-electron chi connectivity index (χ1n) is 5.26. The lowest BCUT2D eigenvalue weighted by Gasteiger charge is -2.05. The van der Waals surface area contributed by atoms with Crippen molar-refractivity contribution in [3.63, 3.8) is 0 Å². The van der Waals surface area contributed by atoms with Gasteiger partial charge in [-0.3, -0.25) is 0 Å². The molecule has 4 N–H and O–H groups in total. The first kappa shape index (κ1) is 10.6. The van der Waals surface area contributed by atoms with Crippen LogP contribution in [-0.2, 0) is 13.0 Å². The average molecular weight is 217 g/mol. The molecular weight excluding hydrogens is 202 g/mol. The van der Waals surface area contributed by atoms with E-state index in [-0.39, 0.29) is 0 Å². The van der Waals surface area contributed by atoms with Gasteiger partial charge < -0.3 is 16.0 Å². The van der Waals surface area contributed by atoms with E-state index in [1.807, 2.05) is 18.3 Å². The lowest BCUT2D eigenvalue weighted by Crippen LogP contribution is -2.09. The lowest BCUT2D eigenvalue weighted by molar-refractivity contribution is 0.897. The highest BCUT2D eigenvalue weighted by molar-refractivity contribution is 5.33. The molecule has 0 spiro atoms. The molecule has 2 aromatic heterocycles. The molecule has 84 valence electrons. The number of hydrogen-bond acceptors (Lipinski definition) is 4. The second-order valence-electron chi connectivity index (χ2n) is 3.43. The van der Waals surface area contributed by atoms with E-state index in [4.69, 9.17) is 5.73 Å². The Bertz CT molecular complexity index is 424. The van der Waals surface area contributed by atoms with Crippen LogP contribution in [0.5, 0.6) is 0 Å². The molecule has 2 aromatic rings. The minimum atomic E-state index is 0.367. The van der Waals surface area contributed by atoms with Gasteiger partial charge in [0.05, 0.1) is 6.54 Å². The molecule has 0 atom stereocenters. The minimum Gasteiger partial charge on any atom is -0.370 e. The van der Waals surface area contributed by atoms with Crippen LogP contribution in [0.2, 0.25) is 0 Å². The third-order valence-electron chi connectivity index (χ3n) is 2.25. The first-order chi connectivity index (χ1) is 7.88. The monoisotopic (exact) mass is 217 g/mol. The molecule has 0 radical (unpaired) electrons. The number of rotatable bonds is 5. The van der Waals surface area contributed by atoms with Crippen molar-refractivity contribution in [2.24, 2.45) is 5.73 Å². The Balaban J connectivity index is 1.85. The normalized spacial score (nSPS) is 10.3. The van der Waals surface area contributed by atoms with E-state index < -0.39 is 0 Å². The molecule has 5 heteroatoms. The Kier molecular flexibility index (Phi) is 3.50. The van der Waals surface area contributed by atoms with E-state index in [2.05, 4.69) is 26.3 Å². The number of aromatic nitrogens is 3. The van der Waals surface area contributed by atoms with Crippen LogP contribution in [0, 0.1) is 0 Å². The van der Waals surface area contributed by atoms with E-state index in [1.54, 1.807) is 6.20 Å². The molecule has 0 unspecified atom stereocenters. The van der Waals surface area contributed by atoms with Gasteiger partial charge in [0, 0.05) is 31.1 Å². The largest absolute Gasteiger partial charge is 0.370 e. The van der Waals surface area contributed by atoms with Gasteiger partial charge in [-0.15, -0.1) is 0 Å². The zero-order chi connectivity index (χ0) is 11.2. The second kappa shape index (κ2) is 5.27. The third kappa shape index (κ3) is 2.80. The predicted molar refractivity (Wildman–Crippen MR) is 62.9 cm³/mol. The van der Waals surface area contributed by atoms with E-state index in [0.717, 1.165) is 18.8 Å². The van der Waals surface area contributed by atoms with Gasteiger partial charge >= 0.3 is 0 Å². The number of H-pyrrole nitrogens is 1. The van der Waals surface area contributed by atoms with Crippen LogP contribution in [-0.4, -0.2) is 21.5 Å². The van der Waals surface area contributed by atoms with E-state index >= 15 is 0 Å². The van der Waals surface area contributed by atoms with Gasteiger partial charge in [-0.2, -0.15) is 0 Å². The van der Waals surface area contributed by atoms with Gasteiger partial charge in [0.15, 0.2) is 0 Å². The number of hydrogen-bond donors (Lipinski definition) is 3. The SMILES string of the molecule is NCc1nccc(NCCc2ccc[nH]2)n1. The summed E-state index contributed by atoms with van der Waals surface area (Å²) in [5.41, 5.74) is 6.68. The molecule has 0 amide bonds. The summed E-state index contributed by atoms with van der Waals surface area (Å²) in [5, 5.41) is 3.23. The molecule has 0 bridgehead atoms. The molecule has 5 nitrogen and oxygen atoms in total. The van der Waals surface area contributed by atoms with Crippen LogP contribution in [0.15, 0.2) is 30.6 Å². The highest BCUT2D eigenvalue weighted by atomic mass is 15.0. The van der Waals surface area contributed by atoms with E-state index in [0.29, 0.717) is 12.4 Å². The van der Waals surface area contributed by atoms with Crippen LogP contribution < -0.4 is 11.1 Å². The Hall–Kier alpha value is -1.88. The van der Waals surface area contributed by atoms with Crippen molar-refractivity contribution in [3.8, 4) is 0 Å². The maximum absolute atomic E-state index is 5.47. The highest BCUT2D eigenvalue weighted by Crippen LogP contribution is 2.02. The molecule has 0 fully saturated rings. The number of anilines is 1. The molecule has 2 rings (SSSR count). The summed E-state index contributed by atoms with van der Waals surface area (Å²) >= 11 is 0. The summed E-state index contributed by atoms with van der Waals surface area (Å²) in [5.74, 6) is 1.48. The number of aromatic amines is 1. The summed E-state index contributed by atoms with van der Waals surface area (Å²) in [6.07, 6.45) is 4.58. The van der Waals surface area contributed by atoms with Crippen molar-refractivity contribution in [2.75, 3.05) is 11.9 Å². The van der Waals surface area contributed by atoms with Crippen molar-refractivity contribution >= 4 is 5.82 Å². The second-order valence-corrected chi connectivity index (χ2v) is 3.43. The summed E-state index contributed by atoms with van der Waals surface area (Å²) < 4.78 is 0. The lowest BCUT2D eigenvalue weighted by atomic mass is 10.3. The fraction of sp³-hybridized carbons (Fsp3) is 0.273. The quantitative estimate of drug-likeness (QED) is 0.695. The first-order valence-corrected chi connectivity index (χ1v) is 5.26. The van der Waals surface area contributed by atoms with Gasteiger partial charge in [-0.05, 0) is 18.2 Å². The van der Waals surface area contributed by atoms with Crippen molar-refractivity contribution < 1.29 is 0 Å². The molecule has 2 heterocycles. The van der Waals surface area contributed by atoms with Crippen molar-refractivity contribution in [2.45, 2.75) is 13.0 Å². The van der Waals surface area contributed by atoms with Crippen LogP contribution in [0.25, 0.3) is 0 Å². The summed E-state index contributed by atoms with van der Waals surface area (Å²) in [6.45, 7) is 1.20. The Morgan fingerprint density at radius 2 is 2.31 bits per heavy atom. The number of nitrogens with zero attached hydrogens (tertiary/aromatic N) is 2. The van der Waals surface area contributed by atoms with Crippen LogP contribution in [0.4, 0.5) is 5.82 Å². The fourth-order valence-corrected chi connectivity index (χ4v) is 1.44. The molecule has 16 heavy (non-hydrogen) atoms. The average Bonchev–Trinajstić information content (AvgIpc) is 2.82. The standard InChI is InChI=1S/C11H15N5/c12-8-11-15-7-4-10(16-11)14-6-3-9-2-1-5-13-9/h1-2,4-5,7,13H,3,6,8,12H2,(H,14,15,16). The maximum Gasteiger partial charge on any atom is 0.144 e. The summed E-state index contributed by atoms with van der Waals surface area (Å²) in [4.78, 5) is 11.4. The number of nitrogens with two attached hydrogens (primary N) is 1. The zero-order valence-corrected chi connectivity index (χ0v) is 8.98. The van der Waals surface area contributed by atoms with Crippen LogP contribution >= 0.6 is 0 Å². The third-order valence-corrected chi connectivity index (χ3v) is 2.25. The Morgan fingerprint density at radius 1 is 1.38 bits per heavy atom. The Morgan fingerprint density at radius 3 is 3.06 bits per heavy atom. The van der Waals surface area contributed by atoms with Crippen molar-refractivity contribution in [1.82, 2.24) is 15.0 Å². The molecule has 0 saturated carbocycles. The molecule has 0 aromatic carbocycles. The van der Waals surface area contributed by atoms with Crippen LogP contribution in [0.3, 0.4) is 0 Å².